The number of anilines is 1. The van der Waals surface area contributed by atoms with Crippen LogP contribution in [0.5, 0.6) is 11.8 Å². The molecule has 0 amide bonds. The molecule has 1 aromatic heterocycles. The van der Waals surface area contributed by atoms with Crippen LogP contribution in [-0.4, -0.2) is 41.9 Å². The van der Waals surface area contributed by atoms with Gasteiger partial charge in [-0.15, -0.1) is 0 Å². The smallest absolute Gasteiger partial charge is 0.229 e. The number of ether oxygens (including phenoxy) is 2. The monoisotopic (exact) mass is 241 g/mol. The predicted octanol–water partition coefficient (Wildman–Crippen LogP) is 0.923. The Hall–Kier alpha value is -1.56. The quantitative estimate of drug-likeness (QED) is 0.771. The average Bonchev–Trinajstić information content (AvgIpc) is 2.34. The number of hydrogen-bond donors (Lipinski definition) is 2. The van der Waals surface area contributed by atoms with Gasteiger partial charge in [0.05, 0.1) is 32.9 Å². The van der Waals surface area contributed by atoms with Crippen molar-refractivity contribution in [1.29, 1.82) is 0 Å². The molecule has 1 heterocycles. The third kappa shape index (κ3) is 3.74. The summed E-state index contributed by atoms with van der Waals surface area (Å²) in [6, 6.07) is 1.49. The van der Waals surface area contributed by atoms with E-state index in [0.29, 0.717) is 17.7 Å². The SMILES string of the molecule is COc1cc(OC)nc(NC(CO)C(C)C)n1. The second-order valence-electron chi connectivity index (χ2n) is 3.95. The minimum absolute atomic E-state index is 0.0144. The molecule has 0 aliphatic carbocycles. The molecule has 96 valence electrons. The molecule has 6 nitrogen and oxygen atoms in total. The van der Waals surface area contributed by atoms with Crippen molar-refractivity contribution in [3.63, 3.8) is 0 Å². The van der Waals surface area contributed by atoms with Gasteiger partial charge in [0, 0.05) is 0 Å². The van der Waals surface area contributed by atoms with E-state index in [2.05, 4.69) is 15.3 Å². The van der Waals surface area contributed by atoms with Gasteiger partial charge in [0.1, 0.15) is 0 Å². The van der Waals surface area contributed by atoms with Gasteiger partial charge in [0.25, 0.3) is 0 Å². The van der Waals surface area contributed by atoms with Gasteiger partial charge in [-0.05, 0) is 5.92 Å². The Morgan fingerprint density at radius 2 is 1.76 bits per heavy atom. The van der Waals surface area contributed by atoms with Crippen molar-refractivity contribution in [3.8, 4) is 11.8 Å². The highest BCUT2D eigenvalue weighted by Crippen LogP contribution is 2.18. The lowest BCUT2D eigenvalue weighted by Gasteiger charge is -2.20. The molecular formula is C11H19N3O3. The molecule has 0 aliphatic rings. The third-order valence-electron chi connectivity index (χ3n) is 2.41. The van der Waals surface area contributed by atoms with E-state index in [9.17, 15) is 5.11 Å². The number of rotatable bonds is 6. The van der Waals surface area contributed by atoms with Gasteiger partial charge in [-0.2, -0.15) is 9.97 Å². The van der Waals surface area contributed by atoms with Crippen LogP contribution in [0.3, 0.4) is 0 Å². The summed E-state index contributed by atoms with van der Waals surface area (Å²) in [5, 5.41) is 12.3. The number of aliphatic hydroxyl groups is 1. The van der Waals surface area contributed by atoms with E-state index in [1.165, 1.54) is 14.2 Å². The molecule has 0 saturated carbocycles. The Morgan fingerprint density at radius 3 is 2.12 bits per heavy atom. The zero-order valence-corrected chi connectivity index (χ0v) is 10.6. The van der Waals surface area contributed by atoms with E-state index in [4.69, 9.17) is 9.47 Å². The van der Waals surface area contributed by atoms with Gasteiger partial charge >= 0.3 is 0 Å². The molecule has 1 aromatic rings. The van der Waals surface area contributed by atoms with Crippen molar-refractivity contribution < 1.29 is 14.6 Å². The average molecular weight is 241 g/mol. The molecule has 0 aliphatic heterocycles. The highest BCUT2D eigenvalue weighted by atomic mass is 16.5. The first-order valence-electron chi connectivity index (χ1n) is 5.45. The van der Waals surface area contributed by atoms with Crippen LogP contribution in [0, 0.1) is 5.92 Å². The summed E-state index contributed by atoms with van der Waals surface area (Å²) >= 11 is 0. The molecule has 2 N–H and O–H groups in total. The number of nitrogens with one attached hydrogen (secondary N) is 1. The topological polar surface area (TPSA) is 76.5 Å². The molecule has 1 atom stereocenters. The maximum absolute atomic E-state index is 9.23. The van der Waals surface area contributed by atoms with Crippen LogP contribution < -0.4 is 14.8 Å². The fraction of sp³-hybridized carbons (Fsp3) is 0.636. The van der Waals surface area contributed by atoms with Crippen molar-refractivity contribution in [2.75, 3.05) is 26.1 Å². The Balaban J connectivity index is 2.89. The first-order valence-corrected chi connectivity index (χ1v) is 5.45. The standard InChI is InChI=1S/C11H19N3O3/c1-7(2)8(6-15)12-11-13-9(16-3)5-10(14-11)17-4/h5,7-8,15H,6H2,1-4H3,(H,12,13,14). The molecule has 17 heavy (non-hydrogen) atoms. The van der Waals surface area contributed by atoms with Gasteiger partial charge < -0.3 is 19.9 Å². The summed E-state index contributed by atoms with van der Waals surface area (Å²) < 4.78 is 10.1. The molecule has 0 fully saturated rings. The summed E-state index contributed by atoms with van der Waals surface area (Å²) in [6.07, 6.45) is 0. The molecule has 0 bridgehead atoms. The number of methoxy groups -OCH3 is 2. The van der Waals surface area contributed by atoms with Crippen molar-refractivity contribution in [2.45, 2.75) is 19.9 Å². The van der Waals surface area contributed by atoms with Crippen molar-refractivity contribution in [1.82, 2.24) is 9.97 Å². The number of aliphatic hydroxyl groups excluding tert-OH is 1. The van der Waals surface area contributed by atoms with Gasteiger partial charge in [-0.3, -0.25) is 0 Å². The Kier molecular flexibility index (Phi) is 4.96. The summed E-state index contributed by atoms with van der Waals surface area (Å²) in [5.74, 6) is 1.48. The molecule has 0 aromatic carbocycles. The summed E-state index contributed by atoms with van der Waals surface area (Å²) in [5.41, 5.74) is 0. The second-order valence-corrected chi connectivity index (χ2v) is 3.95. The normalized spacial score (nSPS) is 12.4. The summed E-state index contributed by atoms with van der Waals surface area (Å²) in [4.78, 5) is 8.27. The second kappa shape index (κ2) is 6.24. The highest BCUT2D eigenvalue weighted by molar-refractivity contribution is 5.34. The summed E-state index contributed by atoms with van der Waals surface area (Å²) in [6.45, 7) is 4.02. The third-order valence-corrected chi connectivity index (χ3v) is 2.41. The lowest BCUT2D eigenvalue weighted by atomic mass is 10.1. The van der Waals surface area contributed by atoms with Crippen LogP contribution in [-0.2, 0) is 0 Å². The fourth-order valence-electron chi connectivity index (χ4n) is 1.27. The highest BCUT2D eigenvalue weighted by Gasteiger charge is 2.14. The van der Waals surface area contributed by atoms with Gasteiger partial charge in [-0.25, -0.2) is 0 Å². The first kappa shape index (κ1) is 13.5. The Bertz CT molecular complexity index is 336. The van der Waals surface area contributed by atoms with Crippen molar-refractivity contribution in [2.24, 2.45) is 5.92 Å². The number of hydrogen-bond acceptors (Lipinski definition) is 6. The van der Waals surface area contributed by atoms with Crippen LogP contribution in [0.25, 0.3) is 0 Å². The van der Waals surface area contributed by atoms with Gasteiger partial charge in [0.15, 0.2) is 0 Å². The van der Waals surface area contributed by atoms with Crippen molar-refractivity contribution >= 4 is 5.95 Å². The van der Waals surface area contributed by atoms with Gasteiger partial charge in [0.2, 0.25) is 17.7 Å². The van der Waals surface area contributed by atoms with Crippen LogP contribution in [0.1, 0.15) is 13.8 Å². The lowest BCUT2D eigenvalue weighted by molar-refractivity contribution is 0.248. The lowest BCUT2D eigenvalue weighted by Crippen LogP contribution is -2.30. The number of nitrogens with zero attached hydrogens (tertiary/aromatic N) is 2. The molecule has 0 spiro atoms. The van der Waals surface area contributed by atoms with E-state index in [0.717, 1.165) is 0 Å². The van der Waals surface area contributed by atoms with Crippen LogP contribution in [0.4, 0.5) is 5.95 Å². The molecule has 6 heteroatoms. The largest absolute Gasteiger partial charge is 0.481 e. The van der Waals surface area contributed by atoms with E-state index in [1.807, 2.05) is 13.8 Å². The molecule has 1 unspecified atom stereocenters. The Labute approximate surface area is 101 Å². The maximum Gasteiger partial charge on any atom is 0.229 e. The molecule has 0 saturated heterocycles. The minimum atomic E-state index is -0.105. The van der Waals surface area contributed by atoms with Crippen LogP contribution in [0.15, 0.2) is 6.07 Å². The molecule has 1 rings (SSSR count). The van der Waals surface area contributed by atoms with Gasteiger partial charge in [-0.1, -0.05) is 13.8 Å². The fourth-order valence-corrected chi connectivity index (χ4v) is 1.27. The minimum Gasteiger partial charge on any atom is -0.481 e. The molecular weight excluding hydrogens is 222 g/mol. The number of aromatic nitrogens is 2. The zero-order chi connectivity index (χ0) is 12.8. The first-order chi connectivity index (χ1) is 8.10. The Morgan fingerprint density at radius 1 is 1.24 bits per heavy atom. The van der Waals surface area contributed by atoms with E-state index in [-0.39, 0.29) is 18.6 Å². The van der Waals surface area contributed by atoms with Crippen LogP contribution >= 0.6 is 0 Å². The summed E-state index contributed by atoms with van der Waals surface area (Å²) in [7, 11) is 3.05. The predicted molar refractivity (Wildman–Crippen MR) is 64.5 cm³/mol. The molecule has 0 radical (unpaired) electrons. The van der Waals surface area contributed by atoms with E-state index in [1.54, 1.807) is 6.07 Å². The van der Waals surface area contributed by atoms with Crippen LogP contribution in [0.2, 0.25) is 0 Å². The van der Waals surface area contributed by atoms with Crippen molar-refractivity contribution in [3.05, 3.63) is 6.07 Å². The van der Waals surface area contributed by atoms with E-state index < -0.39 is 0 Å². The maximum atomic E-state index is 9.23. The zero-order valence-electron chi connectivity index (χ0n) is 10.6. The van der Waals surface area contributed by atoms with E-state index >= 15 is 0 Å².